The smallest absolute Gasteiger partial charge is 0.348 e. The van der Waals surface area contributed by atoms with E-state index in [2.05, 4.69) is 5.32 Å². The Labute approximate surface area is 159 Å². The summed E-state index contributed by atoms with van der Waals surface area (Å²) >= 11 is 1.40. The van der Waals surface area contributed by atoms with Crippen molar-refractivity contribution < 1.29 is 24.0 Å². The molecule has 1 aliphatic rings. The number of ether oxygens (including phenoxy) is 2. The number of hydrogen-bond acceptors (Lipinski definition) is 7. The van der Waals surface area contributed by atoms with Crippen LogP contribution in [0, 0.1) is 10.1 Å². The van der Waals surface area contributed by atoms with E-state index in [0.717, 1.165) is 25.7 Å². The molecule has 0 spiro atoms. The summed E-state index contributed by atoms with van der Waals surface area (Å²) in [7, 11) is 1.39. The van der Waals surface area contributed by atoms with E-state index < -0.39 is 23.4 Å². The molecule has 1 amide bonds. The summed E-state index contributed by atoms with van der Waals surface area (Å²) in [6, 6.07) is 5.89. The van der Waals surface area contributed by atoms with Gasteiger partial charge in [-0.25, -0.2) is 4.79 Å². The Kier molecular flexibility index (Phi) is 5.70. The number of rotatable bonds is 6. The van der Waals surface area contributed by atoms with Gasteiger partial charge in [0.2, 0.25) is 0 Å². The zero-order chi connectivity index (χ0) is 19.4. The molecule has 1 aromatic carbocycles. The molecule has 9 heteroatoms. The van der Waals surface area contributed by atoms with Crippen LogP contribution in [0.1, 0.15) is 33.0 Å². The minimum absolute atomic E-state index is 0.00781. The lowest BCUT2D eigenvalue weighted by atomic mass is 9.99. The van der Waals surface area contributed by atoms with Crippen molar-refractivity contribution in [2.45, 2.75) is 25.7 Å². The Morgan fingerprint density at radius 3 is 2.74 bits per heavy atom. The van der Waals surface area contributed by atoms with Gasteiger partial charge in [0.05, 0.1) is 18.1 Å². The fourth-order valence-corrected chi connectivity index (χ4v) is 4.02. The fourth-order valence-electron chi connectivity index (χ4n) is 2.87. The average molecular weight is 390 g/mol. The Morgan fingerprint density at radius 2 is 2.04 bits per heavy atom. The molecule has 0 aliphatic heterocycles. The average Bonchev–Trinajstić information content (AvgIpc) is 3.10. The first-order chi connectivity index (χ1) is 13.0. The van der Waals surface area contributed by atoms with Crippen molar-refractivity contribution in [1.29, 1.82) is 0 Å². The van der Waals surface area contributed by atoms with Crippen molar-refractivity contribution in [2.24, 2.45) is 0 Å². The molecule has 0 fully saturated rings. The van der Waals surface area contributed by atoms with E-state index in [-0.39, 0.29) is 11.4 Å². The van der Waals surface area contributed by atoms with Crippen LogP contribution < -0.4 is 10.1 Å². The lowest BCUT2D eigenvalue weighted by molar-refractivity contribution is -0.384. The summed E-state index contributed by atoms with van der Waals surface area (Å²) in [6.07, 6.45) is 4.15. The third kappa shape index (κ3) is 4.43. The molecule has 0 bridgehead atoms. The Bertz CT molecular complexity index is 868. The topological polar surface area (TPSA) is 108 Å². The zero-order valence-electron chi connectivity index (χ0n) is 14.6. The largest absolute Gasteiger partial charge is 0.496 e. The SMILES string of the molecule is COc1ccc(NC(=O)COC(=O)c2cc3c(s2)CCCC3)c([N+](=O)[O-])c1. The first-order valence-corrected chi connectivity index (χ1v) is 9.20. The molecule has 142 valence electrons. The number of thiophene rings is 1. The molecule has 3 rings (SSSR count). The second kappa shape index (κ2) is 8.17. The van der Waals surface area contributed by atoms with Gasteiger partial charge in [0.25, 0.3) is 11.6 Å². The molecule has 1 N–H and O–H groups in total. The van der Waals surface area contributed by atoms with Gasteiger partial charge in [0.1, 0.15) is 16.3 Å². The predicted octanol–water partition coefficient (Wildman–Crippen LogP) is 3.34. The number of amides is 1. The van der Waals surface area contributed by atoms with Crippen LogP contribution in [0.2, 0.25) is 0 Å². The summed E-state index contributed by atoms with van der Waals surface area (Å²) in [5, 5.41) is 13.5. The number of fused-ring (bicyclic) bond motifs is 1. The molecule has 1 aliphatic carbocycles. The Hall–Kier alpha value is -2.94. The van der Waals surface area contributed by atoms with Crippen LogP contribution in [0.25, 0.3) is 0 Å². The summed E-state index contributed by atoms with van der Waals surface area (Å²) in [4.78, 5) is 36.4. The Balaban J connectivity index is 1.60. The molecule has 1 heterocycles. The quantitative estimate of drug-likeness (QED) is 0.460. The minimum atomic E-state index is -0.655. The number of anilines is 1. The highest BCUT2D eigenvalue weighted by Gasteiger charge is 2.20. The number of esters is 1. The second-order valence-corrected chi connectivity index (χ2v) is 7.17. The van der Waals surface area contributed by atoms with Crippen LogP contribution >= 0.6 is 11.3 Å². The number of nitrogens with one attached hydrogen (secondary N) is 1. The van der Waals surface area contributed by atoms with Gasteiger partial charge < -0.3 is 14.8 Å². The van der Waals surface area contributed by atoms with Crippen LogP contribution in [-0.4, -0.2) is 30.5 Å². The number of nitro groups is 1. The van der Waals surface area contributed by atoms with E-state index in [1.54, 1.807) is 0 Å². The van der Waals surface area contributed by atoms with E-state index in [0.29, 0.717) is 10.6 Å². The number of methoxy groups -OCH3 is 1. The van der Waals surface area contributed by atoms with Crippen LogP contribution in [-0.2, 0) is 22.4 Å². The number of benzene rings is 1. The maximum absolute atomic E-state index is 12.2. The highest BCUT2D eigenvalue weighted by Crippen LogP contribution is 2.30. The molecule has 27 heavy (non-hydrogen) atoms. The Morgan fingerprint density at radius 1 is 1.26 bits per heavy atom. The van der Waals surface area contributed by atoms with Gasteiger partial charge >= 0.3 is 5.97 Å². The van der Waals surface area contributed by atoms with E-state index in [1.165, 1.54) is 47.1 Å². The summed E-state index contributed by atoms with van der Waals surface area (Å²) in [5.74, 6) is -0.917. The number of nitro benzene ring substituents is 1. The molecule has 0 saturated heterocycles. The number of hydrogen-bond donors (Lipinski definition) is 1. The third-order valence-corrected chi connectivity index (χ3v) is 5.42. The molecule has 2 aromatic rings. The van der Waals surface area contributed by atoms with E-state index in [1.807, 2.05) is 6.07 Å². The van der Waals surface area contributed by atoms with Crippen molar-refractivity contribution in [2.75, 3.05) is 19.0 Å². The molecule has 8 nitrogen and oxygen atoms in total. The van der Waals surface area contributed by atoms with Gasteiger partial charge in [-0.3, -0.25) is 14.9 Å². The zero-order valence-corrected chi connectivity index (χ0v) is 15.5. The maximum Gasteiger partial charge on any atom is 0.348 e. The van der Waals surface area contributed by atoms with Gasteiger partial charge in [-0.2, -0.15) is 0 Å². The van der Waals surface area contributed by atoms with Crippen LogP contribution in [0.3, 0.4) is 0 Å². The van der Waals surface area contributed by atoms with Crippen LogP contribution in [0.5, 0.6) is 5.75 Å². The second-order valence-electron chi connectivity index (χ2n) is 6.03. The predicted molar refractivity (Wildman–Crippen MR) is 99.5 cm³/mol. The molecular formula is C18H18N2O6S. The lowest BCUT2D eigenvalue weighted by Crippen LogP contribution is -2.21. The minimum Gasteiger partial charge on any atom is -0.496 e. The normalized spacial score (nSPS) is 12.8. The van der Waals surface area contributed by atoms with E-state index >= 15 is 0 Å². The third-order valence-electron chi connectivity index (χ3n) is 4.21. The van der Waals surface area contributed by atoms with Gasteiger partial charge in [-0.1, -0.05) is 0 Å². The van der Waals surface area contributed by atoms with Crippen molar-refractivity contribution in [1.82, 2.24) is 0 Å². The van der Waals surface area contributed by atoms with E-state index in [4.69, 9.17) is 9.47 Å². The number of carbonyl (C=O) groups is 2. The number of nitrogens with zero attached hydrogens (tertiary/aromatic N) is 1. The highest BCUT2D eigenvalue weighted by molar-refractivity contribution is 7.14. The molecule has 0 atom stereocenters. The van der Waals surface area contributed by atoms with Gasteiger partial charge in [0, 0.05) is 4.88 Å². The lowest BCUT2D eigenvalue weighted by Gasteiger charge is -2.08. The van der Waals surface area contributed by atoms with Crippen molar-refractivity contribution in [3.63, 3.8) is 0 Å². The first kappa shape index (κ1) is 18.8. The highest BCUT2D eigenvalue weighted by atomic mass is 32.1. The molecule has 0 saturated carbocycles. The number of carbonyl (C=O) groups excluding carboxylic acids is 2. The molecular weight excluding hydrogens is 372 g/mol. The monoisotopic (exact) mass is 390 g/mol. The standard InChI is InChI=1S/C18H18N2O6S/c1-25-12-6-7-13(14(9-12)20(23)24)19-17(21)10-26-18(22)16-8-11-4-2-3-5-15(11)27-16/h6-9H,2-5,10H2,1H3,(H,19,21). The number of aryl methyl sites for hydroxylation is 2. The first-order valence-electron chi connectivity index (χ1n) is 8.39. The van der Waals surface area contributed by atoms with Gasteiger partial charge in [0.15, 0.2) is 6.61 Å². The van der Waals surface area contributed by atoms with Crippen molar-refractivity contribution in [3.8, 4) is 5.75 Å². The van der Waals surface area contributed by atoms with Gasteiger partial charge in [-0.05, 0) is 49.4 Å². The van der Waals surface area contributed by atoms with Crippen LogP contribution in [0.4, 0.5) is 11.4 Å². The van der Waals surface area contributed by atoms with Gasteiger partial charge in [-0.15, -0.1) is 11.3 Å². The van der Waals surface area contributed by atoms with Crippen LogP contribution in [0.15, 0.2) is 24.3 Å². The van der Waals surface area contributed by atoms with Crippen molar-refractivity contribution >= 4 is 34.6 Å². The fraction of sp³-hybridized carbons (Fsp3) is 0.333. The summed E-state index contributed by atoms with van der Waals surface area (Å²) < 4.78 is 9.99. The molecule has 0 unspecified atom stereocenters. The van der Waals surface area contributed by atoms with E-state index in [9.17, 15) is 19.7 Å². The van der Waals surface area contributed by atoms with Crippen molar-refractivity contribution in [3.05, 3.63) is 49.7 Å². The maximum atomic E-state index is 12.2. The summed E-state index contributed by atoms with van der Waals surface area (Å²) in [6.45, 7) is -0.523. The molecule has 0 radical (unpaired) electrons. The molecule has 1 aromatic heterocycles. The summed E-state index contributed by atoms with van der Waals surface area (Å²) in [5.41, 5.74) is 0.880.